The molecule has 2 N–H and O–H groups in total. The van der Waals surface area contributed by atoms with Gasteiger partial charge in [0, 0.05) is 24.7 Å². The van der Waals surface area contributed by atoms with Crippen molar-refractivity contribution in [1.82, 2.24) is 4.98 Å². The number of aromatic nitrogens is 1. The van der Waals surface area contributed by atoms with Gasteiger partial charge in [0.2, 0.25) is 0 Å². The maximum atomic E-state index is 11.3. The molecule has 0 spiro atoms. The van der Waals surface area contributed by atoms with Crippen LogP contribution in [0.1, 0.15) is 23.2 Å². The molecule has 0 unspecified atom stereocenters. The Labute approximate surface area is 123 Å². The van der Waals surface area contributed by atoms with Gasteiger partial charge in [-0.05, 0) is 24.8 Å². The second-order valence-corrected chi connectivity index (χ2v) is 5.31. The Morgan fingerprint density at radius 1 is 1.38 bits per heavy atom. The topological polar surface area (TPSA) is 71.5 Å². The fourth-order valence-corrected chi connectivity index (χ4v) is 2.28. The van der Waals surface area contributed by atoms with E-state index in [1.807, 2.05) is 24.3 Å². The number of carbonyl (C=O) groups is 1. The molecule has 1 saturated carbocycles. The number of nitrogens with zero attached hydrogens (tertiary/aromatic N) is 1. The largest absolute Gasteiger partial charge is 0.478 e. The number of nitrogens with one attached hydrogen (secondary N) is 1. The zero-order valence-electron chi connectivity index (χ0n) is 11.7. The van der Waals surface area contributed by atoms with Gasteiger partial charge in [-0.3, -0.25) is 4.98 Å². The number of pyridine rings is 1. The van der Waals surface area contributed by atoms with E-state index in [9.17, 15) is 9.90 Å². The quantitative estimate of drug-likeness (QED) is 0.766. The lowest BCUT2D eigenvalue weighted by Gasteiger charge is -2.12. The number of ether oxygens (including phenoxy) is 1. The van der Waals surface area contributed by atoms with Gasteiger partial charge in [0.25, 0.3) is 0 Å². The van der Waals surface area contributed by atoms with Gasteiger partial charge in [0.1, 0.15) is 5.56 Å². The average molecular weight is 286 g/mol. The number of anilines is 1. The van der Waals surface area contributed by atoms with E-state index >= 15 is 0 Å². The van der Waals surface area contributed by atoms with Gasteiger partial charge in [0.05, 0.1) is 17.8 Å². The van der Waals surface area contributed by atoms with Crippen molar-refractivity contribution in [3.05, 3.63) is 36.0 Å². The van der Waals surface area contributed by atoms with E-state index in [1.54, 1.807) is 0 Å². The minimum Gasteiger partial charge on any atom is -0.478 e. The molecule has 0 bridgehead atoms. The molecule has 0 saturated heterocycles. The van der Waals surface area contributed by atoms with Gasteiger partial charge in [-0.25, -0.2) is 4.79 Å². The zero-order valence-corrected chi connectivity index (χ0v) is 11.7. The fourth-order valence-electron chi connectivity index (χ4n) is 2.28. The smallest absolute Gasteiger partial charge is 0.339 e. The summed E-state index contributed by atoms with van der Waals surface area (Å²) in [4.78, 5) is 15.5. The van der Waals surface area contributed by atoms with Crippen molar-refractivity contribution >= 4 is 22.6 Å². The first kappa shape index (κ1) is 13.8. The van der Waals surface area contributed by atoms with Gasteiger partial charge in [-0.1, -0.05) is 18.2 Å². The van der Waals surface area contributed by atoms with Crippen molar-refractivity contribution in [2.45, 2.75) is 12.8 Å². The van der Waals surface area contributed by atoms with Crippen molar-refractivity contribution in [3.8, 4) is 0 Å². The van der Waals surface area contributed by atoms with Crippen LogP contribution in [0.15, 0.2) is 30.5 Å². The number of benzene rings is 1. The summed E-state index contributed by atoms with van der Waals surface area (Å²) in [5, 5.41) is 13.3. The summed E-state index contributed by atoms with van der Waals surface area (Å²) in [6, 6.07) is 7.51. The van der Waals surface area contributed by atoms with E-state index in [0.717, 1.165) is 23.4 Å². The van der Waals surface area contributed by atoms with Crippen LogP contribution in [0.3, 0.4) is 0 Å². The summed E-state index contributed by atoms with van der Waals surface area (Å²) >= 11 is 0. The summed E-state index contributed by atoms with van der Waals surface area (Å²) in [6.07, 6.45) is 3.94. The minimum atomic E-state index is -0.977. The number of aromatic carboxylic acids is 1. The van der Waals surface area contributed by atoms with Gasteiger partial charge in [-0.15, -0.1) is 0 Å². The van der Waals surface area contributed by atoms with E-state index in [2.05, 4.69) is 10.3 Å². The Morgan fingerprint density at radius 2 is 2.19 bits per heavy atom. The van der Waals surface area contributed by atoms with Crippen molar-refractivity contribution in [3.63, 3.8) is 0 Å². The predicted octanol–water partition coefficient (Wildman–Crippen LogP) is 2.77. The summed E-state index contributed by atoms with van der Waals surface area (Å²) in [7, 11) is 0. The number of fused-ring (bicyclic) bond motifs is 1. The number of hydrogen-bond acceptors (Lipinski definition) is 4. The Bertz CT molecular complexity index is 653. The van der Waals surface area contributed by atoms with Crippen LogP contribution < -0.4 is 5.32 Å². The third kappa shape index (κ3) is 3.31. The van der Waals surface area contributed by atoms with Crippen LogP contribution in [0.25, 0.3) is 10.9 Å². The number of rotatable bonds is 7. The Kier molecular flexibility index (Phi) is 4.01. The molecule has 1 fully saturated rings. The van der Waals surface area contributed by atoms with Crippen molar-refractivity contribution in [2.24, 2.45) is 5.92 Å². The van der Waals surface area contributed by atoms with E-state index in [4.69, 9.17) is 4.74 Å². The highest BCUT2D eigenvalue weighted by Crippen LogP contribution is 2.29. The first-order chi connectivity index (χ1) is 10.3. The summed E-state index contributed by atoms with van der Waals surface area (Å²) in [6.45, 7) is 1.97. The number of carboxylic acids is 1. The second-order valence-electron chi connectivity index (χ2n) is 5.31. The lowest BCUT2D eigenvalue weighted by atomic mass is 10.1. The lowest BCUT2D eigenvalue weighted by molar-refractivity contribution is 0.0697. The molecular formula is C16H18N2O3. The summed E-state index contributed by atoms with van der Waals surface area (Å²) in [5.41, 5.74) is 1.59. The van der Waals surface area contributed by atoms with E-state index in [1.165, 1.54) is 19.0 Å². The van der Waals surface area contributed by atoms with Crippen LogP contribution in [0, 0.1) is 5.92 Å². The first-order valence-electron chi connectivity index (χ1n) is 7.18. The van der Waals surface area contributed by atoms with Crippen molar-refractivity contribution in [2.75, 3.05) is 25.1 Å². The molecule has 5 heteroatoms. The number of carboxylic acid groups (broad SMARTS) is 1. The molecule has 1 heterocycles. The van der Waals surface area contributed by atoms with E-state index in [-0.39, 0.29) is 5.56 Å². The van der Waals surface area contributed by atoms with Crippen LogP contribution in [0.5, 0.6) is 0 Å². The monoisotopic (exact) mass is 286 g/mol. The molecule has 5 nitrogen and oxygen atoms in total. The molecule has 110 valence electrons. The van der Waals surface area contributed by atoms with Gasteiger partial charge < -0.3 is 15.2 Å². The normalized spacial score (nSPS) is 14.3. The predicted molar refractivity (Wildman–Crippen MR) is 80.7 cm³/mol. The molecule has 1 aliphatic rings. The molecule has 21 heavy (non-hydrogen) atoms. The van der Waals surface area contributed by atoms with Gasteiger partial charge >= 0.3 is 5.97 Å². The third-order valence-corrected chi connectivity index (χ3v) is 3.60. The third-order valence-electron chi connectivity index (χ3n) is 3.60. The van der Waals surface area contributed by atoms with Crippen molar-refractivity contribution < 1.29 is 14.6 Å². The highest BCUT2D eigenvalue weighted by molar-refractivity contribution is 6.04. The van der Waals surface area contributed by atoms with E-state index < -0.39 is 5.97 Å². The fraction of sp³-hybridized carbons (Fsp3) is 0.375. The second kappa shape index (κ2) is 6.10. The SMILES string of the molecule is O=C(O)c1cnc2ccccc2c1NCCOCC1CC1. The Balaban J connectivity index is 1.73. The molecule has 1 aromatic carbocycles. The standard InChI is InChI=1S/C16H18N2O3/c19-16(20)13-9-18-14-4-2-1-3-12(14)15(13)17-7-8-21-10-11-5-6-11/h1-4,9,11H,5-8,10H2,(H,17,18)(H,19,20). The zero-order chi connectivity index (χ0) is 14.7. The molecule has 0 radical (unpaired) electrons. The molecule has 0 aliphatic heterocycles. The summed E-state index contributed by atoms with van der Waals surface area (Å²) < 4.78 is 5.57. The van der Waals surface area contributed by atoms with Crippen LogP contribution in [0.4, 0.5) is 5.69 Å². The van der Waals surface area contributed by atoms with Gasteiger partial charge in [-0.2, -0.15) is 0 Å². The Morgan fingerprint density at radius 3 is 2.95 bits per heavy atom. The molecule has 3 rings (SSSR count). The summed E-state index contributed by atoms with van der Waals surface area (Å²) in [5.74, 6) is -0.240. The van der Waals surface area contributed by atoms with Crippen LogP contribution in [-0.2, 0) is 4.74 Å². The highest BCUT2D eigenvalue weighted by Gasteiger charge is 2.21. The average Bonchev–Trinajstić information content (AvgIpc) is 3.30. The molecule has 2 aromatic rings. The lowest BCUT2D eigenvalue weighted by Crippen LogP contribution is -2.14. The maximum absolute atomic E-state index is 11.3. The molecular weight excluding hydrogens is 268 g/mol. The van der Waals surface area contributed by atoms with Gasteiger partial charge in [0.15, 0.2) is 0 Å². The van der Waals surface area contributed by atoms with Crippen LogP contribution >= 0.6 is 0 Å². The minimum absolute atomic E-state index is 0.191. The van der Waals surface area contributed by atoms with Crippen LogP contribution in [-0.4, -0.2) is 35.8 Å². The maximum Gasteiger partial charge on any atom is 0.339 e. The number of hydrogen-bond donors (Lipinski definition) is 2. The molecule has 1 aliphatic carbocycles. The number of para-hydroxylation sites is 1. The highest BCUT2D eigenvalue weighted by atomic mass is 16.5. The molecule has 1 aromatic heterocycles. The van der Waals surface area contributed by atoms with E-state index in [0.29, 0.717) is 18.8 Å². The van der Waals surface area contributed by atoms with Crippen LogP contribution in [0.2, 0.25) is 0 Å². The molecule has 0 atom stereocenters. The first-order valence-corrected chi connectivity index (χ1v) is 7.18. The molecule has 0 amide bonds. The van der Waals surface area contributed by atoms with Crippen molar-refractivity contribution in [1.29, 1.82) is 0 Å². The Hall–Kier alpha value is -2.14.